The maximum atomic E-state index is 13.1. The van der Waals surface area contributed by atoms with E-state index in [4.69, 9.17) is 4.74 Å². The zero-order valence-corrected chi connectivity index (χ0v) is 17.6. The normalized spacial score (nSPS) is 14.2. The number of rotatable bonds is 6. The highest BCUT2D eigenvalue weighted by molar-refractivity contribution is 6.15. The summed E-state index contributed by atoms with van der Waals surface area (Å²) in [6, 6.07) is 11.0. The Morgan fingerprint density at radius 1 is 0.968 bits per heavy atom. The molecule has 0 atom stereocenters. The van der Waals surface area contributed by atoms with E-state index in [2.05, 4.69) is 20.6 Å². The fourth-order valence-electron chi connectivity index (χ4n) is 4.13. The highest BCUT2D eigenvalue weighted by Gasteiger charge is 2.20. The number of nitrogens with zero attached hydrogens (tertiary/aromatic N) is 2. The number of nitrogens with one attached hydrogen (secondary N) is 2. The van der Waals surface area contributed by atoms with E-state index >= 15 is 0 Å². The molecule has 1 aliphatic carbocycles. The van der Waals surface area contributed by atoms with Crippen LogP contribution >= 0.6 is 0 Å². The van der Waals surface area contributed by atoms with Crippen LogP contribution < -0.4 is 15.4 Å². The topological polar surface area (TPSA) is 93.2 Å². The van der Waals surface area contributed by atoms with Crippen LogP contribution in [0.2, 0.25) is 0 Å². The smallest absolute Gasteiger partial charge is 0.273 e. The van der Waals surface area contributed by atoms with Gasteiger partial charge in [0.25, 0.3) is 11.8 Å². The lowest BCUT2D eigenvalue weighted by atomic mass is 9.89. The third-order valence-electron chi connectivity index (χ3n) is 5.77. The number of carbonyl (C=O) groups is 2. The number of methoxy groups -OCH3 is 1. The van der Waals surface area contributed by atoms with E-state index in [1.54, 1.807) is 19.2 Å². The summed E-state index contributed by atoms with van der Waals surface area (Å²) in [6.07, 6.45) is 8.87. The molecule has 0 bridgehead atoms. The molecule has 0 spiro atoms. The molecule has 2 amide bonds. The van der Waals surface area contributed by atoms with Crippen LogP contribution in [0.15, 0.2) is 48.8 Å². The molecule has 0 unspecified atom stereocenters. The van der Waals surface area contributed by atoms with Crippen LogP contribution in [0.1, 0.15) is 53.0 Å². The number of fused-ring (bicyclic) bond motifs is 1. The van der Waals surface area contributed by atoms with Crippen molar-refractivity contribution in [2.24, 2.45) is 5.92 Å². The average molecular weight is 418 g/mol. The number of hydrogen-bond donors (Lipinski definition) is 2. The van der Waals surface area contributed by atoms with Gasteiger partial charge in [0, 0.05) is 29.9 Å². The van der Waals surface area contributed by atoms with Crippen molar-refractivity contribution in [2.75, 3.05) is 19.0 Å². The molecule has 3 aromatic rings. The average Bonchev–Trinajstić information content (AvgIpc) is 2.82. The van der Waals surface area contributed by atoms with E-state index in [0.717, 1.165) is 23.6 Å². The maximum Gasteiger partial charge on any atom is 0.273 e. The number of amides is 2. The lowest BCUT2D eigenvalue weighted by molar-refractivity contribution is 0.0939. The number of ether oxygens (including phenoxy) is 1. The van der Waals surface area contributed by atoms with E-state index in [1.807, 2.05) is 24.3 Å². The quantitative estimate of drug-likeness (QED) is 0.626. The van der Waals surface area contributed by atoms with Gasteiger partial charge in [-0.05, 0) is 36.3 Å². The van der Waals surface area contributed by atoms with Crippen molar-refractivity contribution in [1.29, 1.82) is 0 Å². The Kier molecular flexibility index (Phi) is 6.40. The highest BCUT2D eigenvalue weighted by Crippen LogP contribution is 2.29. The molecule has 1 aromatic heterocycles. The third-order valence-corrected chi connectivity index (χ3v) is 5.77. The number of anilines is 1. The SMILES string of the molecule is COc1ccc(C(=O)Nc2nccnc2C(=O)NCC2CCCCC2)c2ccccc12. The minimum absolute atomic E-state index is 0.115. The summed E-state index contributed by atoms with van der Waals surface area (Å²) in [5, 5.41) is 7.31. The van der Waals surface area contributed by atoms with Gasteiger partial charge >= 0.3 is 0 Å². The Labute approximate surface area is 181 Å². The van der Waals surface area contributed by atoms with Gasteiger partial charge in [-0.3, -0.25) is 9.59 Å². The van der Waals surface area contributed by atoms with Gasteiger partial charge in [0.1, 0.15) is 5.75 Å². The van der Waals surface area contributed by atoms with Crippen molar-refractivity contribution in [3.8, 4) is 5.75 Å². The Balaban J connectivity index is 1.53. The summed E-state index contributed by atoms with van der Waals surface area (Å²) in [6.45, 7) is 0.617. The molecule has 160 valence electrons. The van der Waals surface area contributed by atoms with Crippen LogP contribution in [0.25, 0.3) is 10.8 Å². The second kappa shape index (κ2) is 9.55. The fourth-order valence-corrected chi connectivity index (χ4v) is 4.13. The molecule has 0 aliphatic heterocycles. The number of aromatic nitrogens is 2. The standard InChI is InChI=1S/C24H26N4O3/c1-31-20-12-11-19(17-9-5-6-10-18(17)20)23(29)28-22-21(25-13-14-26-22)24(30)27-15-16-7-3-2-4-8-16/h5-6,9-14,16H,2-4,7-8,15H2,1H3,(H,27,30)(H,26,28,29). The van der Waals surface area contributed by atoms with Gasteiger partial charge in [-0.15, -0.1) is 0 Å². The van der Waals surface area contributed by atoms with Crippen LogP contribution in [-0.4, -0.2) is 35.4 Å². The van der Waals surface area contributed by atoms with Crippen LogP contribution in [-0.2, 0) is 0 Å². The molecule has 2 aromatic carbocycles. The predicted molar refractivity (Wildman–Crippen MR) is 119 cm³/mol. The Hall–Kier alpha value is -3.48. The van der Waals surface area contributed by atoms with Crippen molar-refractivity contribution >= 4 is 28.4 Å². The fraction of sp³-hybridized carbons (Fsp3) is 0.333. The minimum Gasteiger partial charge on any atom is -0.496 e. The summed E-state index contributed by atoms with van der Waals surface area (Å²) < 4.78 is 5.40. The largest absolute Gasteiger partial charge is 0.496 e. The molecule has 1 saturated carbocycles. The van der Waals surface area contributed by atoms with E-state index < -0.39 is 0 Å². The van der Waals surface area contributed by atoms with Crippen LogP contribution in [0.4, 0.5) is 5.82 Å². The monoisotopic (exact) mass is 418 g/mol. The van der Waals surface area contributed by atoms with Gasteiger partial charge in [0.2, 0.25) is 0 Å². The summed E-state index contributed by atoms with van der Waals surface area (Å²) >= 11 is 0. The highest BCUT2D eigenvalue weighted by atomic mass is 16.5. The first kappa shape index (κ1) is 20.8. The van der Waals surface area contributed by atoms with Crippen molar-refractivity contribution in [2.45, 2.75) is 32.1 Å². The first-order valence-corrected chi connectivity index (χ1v) is 10.6. The molecule has 0 saturated heterocycles. The summed E-state index contributed by atoms with van der Waals surface area (Å²) in [4.78, 5) is 34.2. The van der Waals surface area contributed by atoms with Crippen molar-refractivity contribution in [1.82, 2.24) is 15.3 Å². The molecule has 1 heterocycles. The molecule has 1 fully saturated rings. The minimum atomic E-state index is -0.360. The number of benzene rings is 2. The molecule has 7 nitrogen and oxygen atoms in total. The zero-order valence-electron chi connectivity index (χ0n) is 17.6. The van der Waals surface area contributed by atoms with E-state index in [-0.39, 0.29) is 23.3 Å². The van der Waals surface area contributed by atoms with Gasteiger partial charge in [-0.2, -0.15) is 0 Å². The zero-order chi connectivity index (χ0) is 21.6. The number of carbonyl (C=O) groups excluding carboxylic acids is 2. The van der Waals surface area contributed by atoms with Crippen molar-refractivity contribution in [3.05, 3.63) is 60.0 Å². The van der Waals surface area contributed by atoms with Crippen LogP contribution in [0.5, 0.6) is 5.75 Å². The molecular formula is C24H26N4O3. The van der Waals surface area contributed by atoms with E-state index in [9.17, 15) is 9.59 Å². The molecular weight excluding hydrogens is 392 g/mol. The third kappa shape index (κ3) is 4.66. The summed E-state index contributed by atoms with van der Waals surface area (Å²) in [5.41, 5.74) is 0.583. The summed E-state index contributed by atoms with van der Waals surface area (Å²) in [5.74, 6) is 0.648. The molecule has 7 heteroatoms. The van der Waals surface area contributed by atoms with Crippen molar-refractivity contribution < 1.29 is 14.3 Å². The number of hydrogen-bond acceptors (Lipinski definition) is 5. The van der Waals surface area contributed by atoms with Gasteiger partial charge in [-0.25, -0.2) is 9.97 Å². The second-order valence-electron chi connectivity index (χ2n) is 7.78. The maximum absolute atomic E-state index is 13.1. The Morgan fingerprint density at radius 3 is 2.48 bits per heavy atom. The first-order chi connectivity index (χ1) is 15.2. The van der Waals surface area contributed by atoms with Crippen molar-refractivity contribution in [3.63, 3.8) is 0 Å². The molecule has 0 radical (unpaired) electrons. The van der Waals surface area contributed by atoms with Gasteiger partial charge in [0.05, 0.1) is 7.11 Å². The lowest BCUT2D eigenvalue weighted by Gasteiger charge is -2.21. The first-order valence-electron chi connectivity index (χ1n) is 10.6. The second-order valence-corrected chi connectivity index (χ2v) is 7.78. The molecule has 2 N–H and O–H groups in total. The van der Waals surface area contributed by atoms with E-state index in [0.29, 0.717) is 23.8 Å². The van der Waals surface area contributed by atoms with Gasteiger partial charge in [-0.1, -0.05) is 43.5 Å². The predicted octanol–water partition coefficient (Wildman–Crippen LogP) is 4.20. The Bertz CT molecular complexity index is 1090. The van der Waals surface area contributed by atoms with Crippen LogP contribution in [0, 0.1) is 5.92 Å². The van der Waals surface area contributed by atoms with Gasteiger partial charge in [0.15, 0.2) is 11.5 Å². The van der Waals surface area contributed by atoms with Crippen LogP contribution in [0.3, 0.4) is 0 Å². The summed E-state index contributed by atoms with van der Waals surface area (Å²) in [7, 11) is 1.60. The Morgan fingerprint density at radius 2 is 1.71 bits per heavy atom. The molecule has 4 rings (SSSR count). The van der Waals surface area contributed by atoms with E-state index in [1.165, 1.54) is 31.7 Å². The molecule has 1 aliphatic rings. The molecule has 31 heavy (non-hydrogen) atoms. The lowest BCUT2D eigenvalue weighted by Crippen LogP contribution is -2.32. The van der Waals surface area contributed by atoms with Gasteiger partial charge < -0.3 is 15.4 Å².